The van der Waals surface area contributed by atoms with Gasteiger partial charge in [-0.2, -0.15) is 0 Å². The van der Waals surface area contributed by atoms with Crippen LogP contribution in [0, 0.1) is 0 Å². The predicted octanol–water partition coefficient (Wildman–Crippen LogP) is 2.35. The number of aryl methyl sites for hydroxylation is 1. The van der Waals surface area contributed by atoms with Gasteiger partial charge in [-0.05, 0) is 45.2 Å². The fourth-order valence-electron chi connectivity index (χ4n) is 3.41. The summed E-state index contributed by atoms with van der Waals surface area (Å²) in [7, 11) is 0. The molecule has 136 valence electrons. The number of fused-ring (bicyclic) bond motifs is 1. The molecule has 0 saturated carbocycles. The Morgan fingerprint density at radius 3 is 2.73 bits per heavy atom. The van der Waals surface area contributed by atoms with Crippen molar-refractivity contribution in [1.82, 2.24) is 20.3 Å². The van der Waals surface area contributed by atoms with Crippen LogP contribution in [0.4, 0.5) is 10.6 Å². The topological polar surface area (TPSA) is 80.2 Å². The van der Waals surface area contributed by atoms with Crippen LogP contribution in [0.5, 0.6) is 0 Å². The third kappa shape index (κ3) is 3.34. The van der Waals surface area contributed by atoms with Crippen molar-refractivity contribution in [3.05, 3.63) is 35.8 Å². The molecular formula is C19H23N5O2. The summed E-state index contributed by atoms with van der Waals surface area (Å²) in [6, 6.07) is 3.93. The maximum Gasteiger partial charge on any atom is 0.407 e. The first kappa shape index (κ1) is 16.8. The number of nitrogens with one attached hydrogen (secondary N) is 1. The number of carbonyl (C=O) groups is 1. The van der Waals surface area contributed by atoms with E-state index in [1.165, 1.54) is 5.56 Å². The summed E-state index contributed by atoms with van der Waals surface area (Å²) in [5, 5.41) is 2.76. The molecule has 1 aliphatic carbocycles. The van der Waals surface area contributed by atoms with Crippen LogP contribution in [0.1, 0.15) is 31.5 Å². The Kier molecular flexibility index (Phi) is 4.44. The SMILES string of the molecule is CC(C)NC(=O)OC1CN(c2nc(-c3ccncc3)nc3c2CCC3)C1. The lowest BCUT2D eigenvalue weighted by Crippen LogP contribution is -2.55. The van der Waals surface area contributed by atoms with Gasteiger partial charge < -0.3 is 15.0 Å². The van der Waals surface area contributed by atoms with Gasteiger partial charge in [0.1, 0.15) is 11.9 Å². The Bertz CT molecular complexity index is 803. The van der Waals surface area contributed by atoms with Crippen molar-refractivity contribution in [2.45, 2.75) is 45.3 Å². The van der Waals surface area contributed by atoms with Gasteiger partial charge in [0.05, 0.1) is 13.1 Å². The number of alkyl carbamates (subject to hydrolysis) is 1. The predicted molar refractivity (Wildman–Crippen MR) is 98.0 cm³/mol. The van der Waals surface area contributed by atoms with Crippen LogP contribution in [-0.2, 0) is 17.6 Å². The third-order valence-electron chi connectivity index (χ3n) is 4.68. The molecule has 0 aromatic carbocycles. The van der Waals surface area contributed by atoms with E-state index >= 15 is 0 Å². The zero-order chi connectivity index (χ0) is 18.1. The largest absolute Gasteiger partial charge is 0.442 e. The molecule has 0 unspecified atom stereocenters. The average Bonchev–Trinajstić information content (AvgIpc) is 3.06. The lowest BCUT2D eigenvalue weighted by Gasteiger charge is -2.40. The summed E-state index contributed by atoms with van der Waals surface area (Å²) in [5.74, 6) is 1.73. The van der Waals surface area contributed by atoms with Gasteiger partial charge in [0, 0.05) is 35.3 Å². The molecule has 0 spiro atoms. The molecule has 0 radical (unpaired) electrons. The van der Waals surface area contributed by atoms with Crippen LogP contribution < -0.4 is 10.2 Å². The molecule has 26 heavy (non-hydrogen) atoms. The van der Waals surface area contributed by atoms with E-state index in [-0.39, 0.29) is 18.2 Å². The highest BCUT2D eigenvalue weighted by molar-refractivity contribution is 5.68. The number of nitrogens with zero attached hydrogens (tertiary/aromatic N) is 4. The highest BCUT2D eigenvalue weighted by atomic mass is 16.6. The third-order valence-corrected chi connectivity index (χ3v) is 4.68. The Balaban J connectivity index is 1.51. The van der Waals surface area contributed by atoms with Crippen LogP contribution in [0.3, 0.4) is 0 Å². The monoisotopic (exact) mass is 353 g/mol. The van der Waals surface area contributed by atoms with Crippen LogP contribution in [0.25, 0.3) is 11.4 Å². The fourth-order valence-corrected chi connectivity index (χ4v) is 3.41. The number of pyridine rings is 1. The van der Waals surface area contributed by atoms with Gasteiger partial charge in [-0.3, -0.25) is 4.98 Å². The molecular weight excluding hydrogens is 330 g/mol. The van der Waals surface area contributed by atoms with Gasteiger partial charge in [-0.25, -0.2) is 14.8 Å². The fraction of sp³-hybridized carbons (Fsp3) is 0.474. The molecule has 4 rings (SSSR count). The molecule has 1 N–H and O–H groups in total. The normalized spacial score (nSPS) is 16.3. The number of amides is 1. The van der Waals surface area contributed by atoms with Crippen LogP contribution >= 0.6 is 0 Å². The van der Waals surface area contributed by atoms with E-state index in [0.717, 1.165) is 42.2 Å². The quantitative estimate of drug-likeness (QED) is 0.909. The van der Waals surface area contributed by atoms with Crippen molar-refractivity contribution < 1.29 is 9.53 Å². The number of hydrogen-bond acceptors (Lipinski definition) is 6. The molecule has 1 fully saturated rings. The Morgan fingerprint density at radius 1 is 1.23 bits per heavy atom. The lowest BCUT2D eigenvalue weighted by molar-refractivity contribution is 0.0790. The van der Waals surface area contributed by atoms with E-state index in [4.69, 9.17) is 14.7 Å². The molecule has 7 nitrogen and oxygen atoms in total. The van der Waals surface area contributed by atoms with Crippen molar-refractivity contribution in [2.24, 2.45) is 0 Å². The summed E-state index contributed by atoms with van der Waals surface area (Å²) in [6.07, 6.45) is 6.19. The summed E-state index contributed by atoms with van der Waals surface area (Å²) >= 11 is 0. The van der Waals surface area contributed by atoms with E-state index in [0.29, 0.717) is 13.1 Å². The summed E-state index contributed by atoms with van der Waals surface area (Å²) in [4.78, 5) is 27.6. The Morgan fingerprint density at radius 2 is 2.00 bits per heavy atom. The van der Waals surface area contributed by atoms with Crippen molar-refractivity contribution >= 4 is 11.9 Å². The molecule has 2 aromatic heterocycles. The van der Waals surface area contributed by atoms with Crippen molar-refractivity contribution in [3.63, 3.8) is 0 Å². The molecule has 2 aliphatic rings. The number of ether oxygens (including phenoxy) is 1. The maximum absolute atomic E-state index is 11.7. The molecule has 3 heterocycles. The number of hydrogen-bond donors (Lipinski definition) is 1. The van der Waals surface area contributed by atoms with E-state index in [1.807, 2.05) is 26.0 Å². The second kappa shape index (κ2) is 6.90. The first-order valence-corrected chi connectivity index (χ1v) is 9.12. The van der Waals surface area contributed by atoms with Crippen LogP contribution in [0.2, 0.25) is 0 Å². The summed E-state index contributed by atoms with van der Waals surface area (Å²) < 4.78 is 5.44. The van der Waals surface area contributed by atoms with Crippen LogP contribution in [0.15, 0.2) is 24.5 Å². The Hall–Kier alpha value is -2.70. The number of carbonyl (C=O) groups excluding carboxylic acids is 1. The minimum atomic E-state index is -0.352. The Labute approximate surface area is 152 Å². The number of aromatic nitrogens is 3. The summed E-state index contributed by atoms with van der Waals surface area (Å²) in [6.45, 7) is 5.17. The van der Waals surface area contributed by atoms with Gasteiger partial charge >= 0.3 is 6.09 Å². The van der Waals surface area contributed by atoms with Gasteiger partial charge in [-0.1, -0.05) is 0 Å². The van der Waals surface area contributed by atoms with Gasteiger partial charge in [0.2, 0.25) is 0 Å². The molecule has 7 heteroatoms. The molecule has 0 bridgehead atoms. The van der Waals surface area contributed by atoms with E-state index in [2.05, 4.69) is 15.2 Å². The molecule has 2 aromatic rings. The standard InChI is InChI=1S/C19H23N5O2/c1-12(2)21-19(25)26-14-10-24(11-14)18-15-4-3-5-16(15)22-17(23-18)13-6-8-20-9-7-13/h6-9,12,14H,3-5,10-11H2,1-2H3,(H,21,25). The first-order chi connectivity index (χ1) is 12.6. The number of rotatable bonds is 4. The van der Waals surface area contributed by atoms with Gasteiger partial charge in [0.25, 0.3) is 0 Å². The zero-order valence-corrected chi connectivity index (χ0v) is 15.1. The van der Waals surface area contributed by atoms with Crippen LogP contribution in [-0.4, -0.2) is 46.3 Å². The highest BCUT2D eigenvalue weighted by Gasteiger charge is 2.34. The first-order valence-electron chi connectivity index (χ1n) is 9.12. The second-order valence-corrected chi connectivity index (χ2v) is 7.12. The number of anilines is 1. The lowest BCUT2D eigenvalue weighted by atomic mass is 10.1. The minimum Gasteiger partial charge on any atom is -0.442 e. The molecule has 1 saturated heterocycles. The van der Waals surface area contributed by atoms with Crippen molar-refractivity contribution in [3.8, 4) is 11.4 Å². The zero-order valence-electron chi connectivity index (χ0n) is 15.1. The van der Waals surface area contributed by atoms with Gasteiger partial charge in [0.15, 0.2) is 5.82 Å². The maximum atomic E-state index is 11.7. The van der Waals surface area contributed by atoms with Crippen molar-refractivity contribution in [1.29, 1.82) is 0 Å². The molecule has 0 atom stereocenters. The molecule has 1 aliphatic heterocycles. The molecule has 1 amide bonds. The minimum absolute atomic E-state index is 0.0757. The van der Waals surface area contributed by atoms with E-state index in [9.17, 15) is 4.79 Å². The van der Waals surface area contributed by atoms with E-state index in [1.54, 1.807) is 12.4 Å². The highest BCUT2D eigenvalue weighted by Crippen LogP contribution is 2.33. The average molecular weight is 353 g/mol. The van der Waals surface area contributed by atoms with Crippen molar-refractivity contribution in [2.75, 3.05) is 18.0 Å². The second-order valence-electron chi connectivity index (χ2n) is 7.12. The smallest absolute Gasteiger partial charge is 0.407 e. The summed E-state index contributed by atoms with van der Waals surface area (Å²) in [5.41, 5.74) is 3.36. The van der Waals surface area contributed by atoms with Gasteiger partial charge in [-0.15, -0.1) is 0 Å². The van der Waals surface area contributed by atoms with E-state index < -0.39 is 0 Å².